The highest BCUT2D eigenvalue weighted by molar-refractivity contribution is 7.91. The Morgan fingerprint density at radius 2 is 1.89 bits per heavy atom. The maximum absolute atomic E-state index is 14.4. The largest absolute Gasteiger partial charge is 0.497 e. The molecule has 3 fully saturated rings. The normalized spacial score (nSPS) is 27.7. The van der Waals surface area contributed by atoms with Gasteiger partial charge in [0.15, 0.2) is 9.84 Å². The van der Waals surface area contributed by atoms with Gasteiger partial charge in [-0.3, -0.25) is 19.1 Å². The Hall–Kier alpha value is -4.45. The number of benzene rings is 1. The van der Waals surface area contributed by atoms with Gasteiger partial charge in [0.2, 0.25) is 27.7 Å². The number of sulfonamides is 1. The number of alkyl carbamates (subject to hydrolysis) is 1. The maximum atomic E-state index is 14.4. The van der Waals surface area contributed by atoms with Gasteiger partial charge >= 0.3 is 6.09 Å². The molecule has 4 aliphatic rings. The van der Waals surface area contributed by atoms with Gasteiger partial charge in [-0.1, -0.05) is 12.2 Å². The first-order valence-corrected chi connectivity index (χ1v) is 20.9. The van der Waals surface area contributed by atoms with Crippen LogP contribution in [-0.4, -0.2) is 110 Å². The van der Waals surface area contributed by atoms with Crippen molar-refractivity contribution in [2.75, 3.05) is 25.2 Å². The zero-order valence-corrected chi connectivity index (χ0v) is 31.6. The van der Waals surface area contributed by atoms with Gasteiger partial charge in [-0.05, 0) is 82.5 Å². The molecule has 16 nitrogen and oxygen atoms in total. The minimum atomic E-state index is -3.96. The molecule has 18 heteroatoms. The van der Waals surface area contributed by atoms with E-state index in [4.69, 9.17) is 14.2 Å². The van der Waals surface area contributed by atoms with Crippen LogP contribution in [0.3, 0.4) is 0 Å². The van der Waals surface area contributed by atoms with E-state index >= 15 is 0 Å². The summed E-state index contributed by atoms with van der Waals surface area (Å²) in [6, 6.07) is 4.10. The van der Waals surface area contributed by atoms with E-state index in [1.807, 2.05) is 0 Å². The van der Waals surface area contributed by atoms with Gasteiger partial charge in [-0.15, -0.1) is 0 Å². The van der Waals surface area contributed by atoms with Crippen molar-refractivity contribution in [2.24, 2.45) is 5.92 Å². The average molecular weight is 776 g/mol. The first kappa shape index (κ1) is 38.3. The fourth-order valence-electron chi connectivity index (χ4n) is 6.69. The number of hydrogen-bond acceptors (Lipinski definition) is 12. The number of sulfone groups is 1. The highest BCUT2D eigenvalue weighted by Crippen LogP contribution is 2.46. The number of rotatable bonds is 7. The summed E-state index contributed by atoms with van der Waals surface area (Å²) in [5, 5.41) is 5.87. The van der Waals surface area contributed by atoms with Crippen molar-refractivity contribution in [3.8, 4) is 11.6 Å². The van der Waals surface area contributed by atoms with Crippen LogP contribution in [0.25, 0.3) is 10.8 Å². The summed E-state index contributed by atoms with van der Waals surface area (Å²) in [5.41, 5.74) is -2.59. The molecule has 0 spiro atoms. The Kier molecular flexibility index (Phi) is 10.4. The van der Waals surface area contributed by atoms with E-state index in [1.54, 1.807) is 57.2 Å². The predicted molar refractivity (Wildman–Crippen MR) is 192 cm³/mol. The van der Waals surface area contributed by atoms with E-state index in [0.29, 0.717) is 30.4 Å². The molecular formula is C35H45N5O11S2. The first-order chi connectivity index (χ1) is 24.9. The standard InChI is InChI=1S/C35H45N5O11S2/c1-34(2,3)51-33(44)37-27-20-52(45,46)15-7-5-6-8-22-18-35(22,32(43)39-53(47,48)25-10-11-25)38-29(41)28-17-24(19-40(28)31(27)42)50-30-26-12-9-23(49-4)16-21(26)13-14-36-30/h6,8-9,12-14,16,22,24-25,27-28H,5,7,10-11,15,17-20H2,1-4H3,(H,37,44)(H,38,41)(H,39,43)/t22-,24-,27+,28+,35-/m1/s1. The Morgan fingerprint density at radius 1 is 1.13 bits per heavy atom. The Balaban J connectivity index is 1.35. The number of hydrogen-bond donors (Lipinski definition) is 3. The van der Waals surface area contributed by atoms with Crippen LogP contribution in [0.2, 0.25) is 0 Å². The second-order valence-electron chi connectivity index (χ2n) is 15.0. The SMILES string of the molecule is COc1ccc2c(O[C@@H]3C[C@H]4C(=O)N[C@]5(C(=O)NS(=O)(=O)C6CC6)C[C@H]5C=CCCCS(=O)(=O)C[C@H](NC(=O)OC(C)(C)C)C(=O)N4C3)nccc2c1. The molecule has 2 aliphatic carbocycles. The van der Waals surface area contributed by atoms with Gasteiger partial charge in [0.05, 0.1) is 30.4 Å². The summed E-state index contributed by atoms with van der Waals surface area (Å²) in [5.74, 6) is -3.37. The quantitative estimate of drug-likeness (QED) is 0.343. The Bertz CT molecular complexity index is 2050. The van der Waals surface area contributed by atoms with Gasteiger partial charge < -0.3 is 29.7 Å². The van der Waals surface area contributed by atoms with E-state index in [-0.39, 0.29) is 37.4 Å². The van der Waals surface area contributed by atoms with Crippen molar-refractivity contribution in [1.82, 2.24) is 25.2 Å². The summed E-state index contributed by atoms with van der Waals surface area (Å²) in [6.45, 7) is 4.63. The Labute approximate surface area is 308 Å². The fourth-order valence-corrected chi connectivity index (χ4v) is 9.56. The van der Waals surface area contributed by atoms with Crippen molar-refractivity contribution in [3.63, 3.8) is 0 Å². The number of allylic oxidation sites excluding steroid dienone is 1. The van der Waals surface area contributed by atoms with Crippen LogP contribution in [-0.2, 0) is 39.0 Å². The lowest BCUT2D eigenvalue weighted by Gasteiger charge is -2.30. The molecule has 2 aliphatic heterocycles. The molecule has 0 bridgehead atoms. The molecule has 3 N–H and O–H groups in total. The summed E-state index contributed by atoms with van der Waals surface area (Å²) in [4.78, 5) is 60.8. The number of carbonyl (C=O) groups is 4. The van der Waals surface area contributed by atoms with Crippen molar-refractivity contribution in [1.29, 1.82) is 0 Å². The summed E-state index contributed by atoms with van der Waals surface area (Å²) in [7, 11) is -6.35. The highest BCUT2D eigenvalue weighted by atomic mass is 32.2. The number of pyridine rings is 1. The van der Waals surface area contributed by atoms with Crippen LogP contribution in [0.4, 0.5) is 4.79 Å². The summed E-state index contributed by atoms with van der Waals surface area (Å²) >= 11 is 0. The zero-order valence-electron chi connectivity index (χ0n) is 30.0. The minimum Gasteiger partial charge on any atom is -0.497 e. The smallest absolute Gasteiger partial charge is 0.408 e. The molecule has 6 rings (SSSR count). The van der Waals surface area contributed by atoms with Gasteiger partial charge in [0, 0.05) is 23.9 Å². The van der Waals surface area contributed by atoms with Crippen LogP contribution in [0, 0.1) is 5.92 Å². The van der Waals surface area contributed by atoms with Gasteiger partial charge in [-0.2, -0.15) is 0 Å². The van der Waals surface area contributed by atoms with Gasteiger partial charge in [0.1, 0.15) is 35.1 Å². The molecular weight excluding hydrogens is 731 g/mol. The fraction of sp³-hybridized carbons (Fsp3) is 0.571. The number of nitrogens with one attached hydrogen (secondary N) is 3. The van der Waals surface area contributed by atoms with Gasteiger partial charge in [-0.25, -0.2) is 26.6 Å². The lowest BCUT2D eigenvalue weighted by molar-refractivity contribution is -0.140. The van der Waals surface area contributed by atoms with Crippen molar-refractivity contribution < 1.29 is 50.2 Å². The lowest BCUT2D eigenvalue weighted by Crippen LogP contribution is -2.59. The lowest BCUT2D eigenvalue weighted by atomic mass is 10.1. The van der Waals surface area contributed by atoms with E-state index < -0.39 is 89.9 Å². The summed E-state index contributed by atoms with van der Waals surface area (Å²) in [6.07, 6.45) is 4.33. The number of methoxy groups -OCH3 is 1. The highest BCUT2D eigenvalue weighted by Gasteiger charge is 2.62. The van der Waals surface area contributed by atoms with E-state index in [0.717, 1.165) is 10.3 Å². The molecule has 2 saturated carbocycles. The maximum Gasteiger partial charge on any atom is 0.408 e. The molecule has 2 aromatic rings. The van der Waals surface area contributed by atoms with E-state index in [2.05, 4.69) is 20.3 Å². The number of aromatic nitrogens is 1. The summed E-state index contributed by atoms with van der Waals surface area (Å²) < 4.78 is 71.4. The molecule has 1 aromatic carbocycles. The number of amides is 4. The number of ether oxygens (including phenoxy) is 3. The number of fused-ring (bicyclic) bond motifs is 3. The molecule has 0 radical (unpaired) electrons. The average Bonchev–Trinajstić information content (AvgIpc) is 3.99. The van der Waals surface area contributed by atoms with Gasteiger partial charge in [0.25, 0.3) is 5.91 Å². The van der Waals surface area contributed by atoms with Crippen molar-refractivity contribution >= 4 is 54.4 Å². The predicted octanol–water partition coefficient (Wildman–Crippen LogP) is 1.73. The molecule has 1 aromatic heterocycles. The minimum absolute atomic E-state index is 0.0896. The van der Waals surface area contributed by atoms with Crippen LogP contribution < -0.4 is 24.8 Å². The van der Waals surface area contributed by atoms with Crippen LogP contribution >= 0.6 is 0 Å². The van der Waals surface area contributed by atoms with E-state index in [1.165, 1.54) is 13.3 Å². The number of carbonyl (C=O) groups excluding carboxylic acids is 4. The number of nitrogens with zero attached hydrogens (tertiary/aromatic N) is 2. The Morgan fingerprint density at radius 3 is 2.58 bits per heavy atom. The first-order valence-electron chi connectivity index (χ1n) is 17.5. The van der Waals surface area contributed by atoms with Crippen LogP contribution in [0.1, 0.15) is 59.3 Å². The van der Waals surface area contributed by atoms with Crippen molar-refractivity contribution in [2.45, 2.75) is 93.9 Å². The molecule has 4 amide bonds. The third kappa shape index (κ3) is 8.86. The van der Waals surface area contributed by atoms with Crippen LogP contribution in [0.5, 0.6) is 11.6 Å². The van der Waals surface area contributed by atoms with E-state index in [9.17, 15) is 36.0 Å². The van der Waals surface area contributed by atoms with Crippen LogP contribution in [0.15, 0.2) is 42.6 Å². The molecule has 5 atom stereocenters. The molecule has 1 saturated heterocycles. The second-order valence-corrected chi connectivity index (χ2v) is 19.2. The molecule has 3 heterocycles. The third-order valence-electron chi connectivity index (χ3n) is 9.63. The monoisotopic (exact) mass is 775 g/mol. The topological polar surface area (TPSA) is 216 Å². The van der Waals surface area contributed by atoms with Crippen molar-refractivity contribution in [3.05, 3.63) is 42.6 Å². The molecule has 0 unspecified atom stereocenters. The third-order valence-corrected chi connectivity index (χ3v) is 13.2. The zero-order chi connectivity index (χ0) is 38.3. The second kappa shape index (κ2) is 14.4. The molecule has 288 valence electrons. The molecule has 53 heavy (non-hydrogen) atoms.